The van der Waals surface area contributed by atoms with Crippen molar-refractivity contribution in [3.8, 4) is 5.75 Å². The third-order valence-electron chi connectivity index (χ3n) is 3.84. The lowest BCUT2D eigenvalue weighted by atomic mass is 9.96. The van der Waals surface area contributed by atoms with E-state index in [2.05, 4.69) is 21.2 Å². The Kier molecular flexibility index (Phi) is 6.40. The van der Waals surface area contributed by atoms with Gasteiger partial charge in [0.05, 0.1) is 18.3 Å². The largest absolute Gasteiger partial charge is 0.497 e. The molecule has 0 saturated carbocycles. The maximum Gasteiger partial charge on any atom is 0.252 e. The molecule has 5 heteroatoms. The van der Waals surface area contributed by atoms with Crippen LogP contribution in [0.2, 0.25) is 0 Å². The van der Waals surface area contributed by atoms with Crippen molar-refractivity contribution in [2.45, 2.75) is 25.4 Å². The van der Waals surface area contributed by atoms with Crippen LogP contribution < -0.4 is 10.1 Å². The number of carbonyl (C=O) groups excluding carboxylic acids is 1. The molecule has 0 saturated heterocycles. The molecule has 0 aliphatic heterocycles. The molecule has 128 valence electrons. The van der Waals surface area contributed by atoms with E-state index in [0.717, 1.165) is 6.42 Å². The summed E-state index contributed by atoms with van der Waals surface area (Å²) >= 11 is 3.36. The van der Waals surface area contributed by atoms with Gasteiger partial charge in [0.1, 0.15) is 5.75 Å². The number of halogens is 1. The Bertz CT molecular complexity index is 686. The molecule has 0 radical (unpaired) electrons. The van der Waals surface area contributed by atoms with Gasteiger partial charge in [-0.25, -0.2) is 0 Å². The average molecular weight is 392 g/mol. The average Bonchev–Trinajstić information content (AvgIpc) is 2.59. The highest BCUT2D eigenvalue weighted by molar-refractivity contribution is 9.10. The molecule has 24 heavy (non-hydrogen) atoms. The maximum absolute atomic E-state index is 12.3. The third kappa shape index (κ3) is 5.35. The van der Waals surface area contributed by atoms with Gasteiger partial charge in [0.15, 0.2) is 0 Å². The van der Waals surface area contributed by atoms with Gasteiger partial charge in [0.2, 0.25) is 0 Å². The van der Waals surface area contributed by atoms with Crippen LogP contribution in [0.4, 0.5) is 0 Å². The number of hydrogen-bond acceptors (Lipinski definition) is 3. The SMILES string of the molecule is COc1ccc(Br)c(C(=O)NCC(C)(O)CCc2ccccc2)c1. The highest BCUT2D eigenvalue weighted by Crippen LogP contribution is 2.22. The van der Waals surface area contributed by atoms with Crippen molar-refractivity contribution in [3.05, 3.63) is 64.1 Å². The molecule has 2 aromatic carbocycles. The zero-order valence-corrected chi connectivity index (χ0v) is 15.5. The van der Waals surface area contributed by atoms with E-state index in [1.54, 1.807) is 32.2 Å². The van der Waals surface area contributed by atoms with E-state index in [1.165, 1.54) is 5.56 Å². The summed E-state index contributed by atoms with van der Waals surface area (Å²) in [5.74, 6) is 0.361. The minimum absolute atomic E-state index is 0.183. The fourth-order valence-electron chi connectivity index (χ4n) is 2.32. The molecule has 1 atom stereocenters. The Balaban J connectivity index is 1.92. The van der Waals surface area contributed by atoms with Crippen LogP contribution in [-0.4, -0.2) is 30.3 Å². The van der Waals surface area contributed by atoms with Crippen molar-refractivity contribution >= 4 is 21.8 Å². The molecule has 4 nitrogen and oxygen atoms in total. The number of carbonyl (C=O) groups is 1. The van der Waals surface area contributed by atoms with E-state index < -0.39 is 5.60 Å². The van der Waals surface area contributed by atoms with Crippen molar-refractivity contribution in [2.75, 3.05) is 13.7 Å². The molecule has 0 heterocycles. The van der Waals surface area contributed by atoms with Crippen LogP contribution in [0.5, 0.6) is 5.75 Å². The minimum atomic E-state index is -0.975. The predicted octanol–water partition coefficient (Wildman–Crippen LogP) is 3.57. The number of rotatable bonds is 7. The van der Waals surface area contributed by atoms with Gasteiger partial charge < -0.3 is 15.2 Å². The number of benzene rings is 2. The van der Waals surface area contributed by atoms with Gasteiger partial charge in [-0.15, -0.1) is 0 Å². The summed E-state index contributed by atoms with van der Waals surface area (Å²) in [5.41, 5.74) is 0.671. The van der Waals surface area contributed by atoms with E-state index in [-0.39, 0.29) is 12.5 Å². The second kappa shape index (κ2) is 8.31. The first-order valence-corrected chi connectivity index (χ1v) is 8.59. The van der Waals surface area contributed by atoms with Crippen molar-refractivity contribution in [2.24, 2.45) is 0 Å². The van der Waals surface area contributed by atoms with Gasteiger partial charge in [-0.2, -0.15) is 0 Å². The fraction of sp³-hybridized carbons (Fsp3) is 0.316. The summed E-state index contributed by atoms with van der Waals surface area (Å²) < 4.78 is 5.83. The summed E-state index contributed by atoms with van der Waals surface area (Å²) in [7, 11) is 1.55. The van der Waals surface area contributed by atoms with Crippen molar-refractivity contribution in [3.63, 3.8) is 0 Å². The van der Waals surface area contributed by atoms with Gasteiger partial charge in [-0.3, -0.25) is 4.79 Å². The Morgan fingerprint density at radius 3 is 2.62 bits per heavy atom. The third-order valence-corrected chi connectivity index (χ3v) is 4.53. The van der Waals surface area contributed by atoms with Crippen LogP contribution in [0.3, 0.4) is 0 Å². The topological polar surface area (TPSA) is 58.6 Å². The quantitative estimate of drug-likeness (QED) is 0.758. The van der Waals surface area contributed by atoms with E-state index in [4.69, 9.17) is 4.74 Å². The molecule has 0 aliphatic rings. The van der Waals surface area contributed by atoms with Crippen molar-refractivity contribution in [1.82, 2.24) is 5.32 Å². The smallest absolute Gasteiger partial charge is 0.252 e. The summed E-state index contributed by atoms with van der Waals surface area (Å²) in [4.78, 5) is 12.3. The Morgan fingerprint density at radius 1 is 1.25 bits per heavy atom. The Hall–Kier alpha value is -1.85. The number of hydrogen-bond donors (Lipinski definition) is 2. The number of aryl methyl sites for hydroxylation is 1. The molecule has 1 unspecified atom stereocenters. The summed E-state index contributed by atoms with van der Waals surface area (Å²) in [6, 6.07) is 15.2. The molecular weight excluding hydrogens is 370 g/mol. The predicted molar refractivity (Wildman–Crippen MR) is 98.4 cm³/mol. The van der Waals surface area contributed by atoms with E-state index in [9.17, 15) is 9.90 Å². The van der Waals surface area contributed by atoms with Crippen LogP contribution in [-0.2, 0) is 6.42 Å². The molecule has 0 aromatic heterocycles. The van der Waals surface area contributed by atoms with E-state index >= 15 is 0 Å². The maximum atomic E-state index is 12.3. The van der Waals surface area contributed by atoms with Crippen LogP contribution in [0.25, 0.3) is 0 Å². The molecule has 0 aliphatic carbocycles. The fourth-order valence-corrected chi connectivity index (χ4v) is 2.74. The van der Waals surface area contributed by atoms with E-state index in [1.807, 2.05) is 30.3 Å². The normalized spacial score (nSPS) is 13.2. The monoisotopic (exact) mass is 391 g/mol. The minimum Gasteiger partial charge on any atom is -0.497 e. The van der Waals surface area contributed by atoms with Gasteiger partial charge in [0, 0.05) is 11.0 Å². The lowest BCUT2D eigenvalue weighted by molar-refractivity contribution is 0.0478. The Labute approximate surface area is 151 Å². The molecule has 2 N–H and O–H groups in total. The number of methoxy groups -OCH3 is 1. The molecule has 0 spiro atoms. The van der Waals surface area contributed by atoms with Gasteiger partial charge in [0.25, 0.3) is 5.91 Å². The van der Waals surface area contributed by atoms with Crippen LogP contribution in [0, 0.1) is 0 Å². The van der Waals surface area contributed by atoms with E-state index in [0.29, 0.717) is 22.2 Å². The molecule has 2 aromatic rings. The lowest BCUT2D eigenvalue weighted by Crippen LogP contribution is -2.41. The molecule has 2 rings (SSSR count). The zero-order valence-electron chi connectivity index (χ0n) is 13.9. The first kappa shape index (κ1) is 18.5. The first-order chi connectivity index (χ1) is 11.4. The lowest BCUT2D eigenvalue weighted by Gasteiger charge is -2.24. The standard InChI is InChI=1S/C19H22BrNO3/c1-19(23,11-10-14-6-4-3-5-7-14)13-21-18(22)16-12-15(24-2)8-9-17(16)20/h3-9,12,23H,10-11,13H2,1-2H3,(H,21,22). The molecular formula is C19H22BrNO3. The van der Waals surface area contributed by atoms with Gasteiger partial charge >= 0.3 is 0 Å². The van der Waals surface area contributed by atoms with Crippen LogP contribution in [0.1, 0.15) is 29.3 Å². The van der Waals surface area contributed by atoms with Gasteiger partial charge in [-0.1, -0.05) is 30.3 Å². The number of amides is 1. The van der Waals surface area contributed by atoms with Crippen molar-refractivity contribution in [1.29, 1.82) is 0 Å². The second-order valence-corrected chi connectivity index (χ2v) is 6.87. The van der Waals surface area contributed by atoms with Crippen LogP contribution in [0.15, 0.2) is 53.0 Å². The summed E-state index contributed by atoms with van der Waals surface area (Å²) in [6.45, 7) is 1.92. The zero-order chi connectivity index (χ0) is 17.6. The number of nitrogens with one attached hydrogen (secondary N) is 1. The number of aliphatic hydroxyl groups is 1. The van der Waals surface area contributed by atoms with Crippen LogP contribution >= 0.6 is 15.9 Å². The highest BCUT2D eigenvalue weighted by Gasteiger charge is 2.22. The highest BCUT2D eigenvalue weighted by atomic mass is 79.9. The molecule has 0 fully saturated rings. The van der Waals surface area contributed by atoms with Crippen molar-refractivity contribution < 1.29 is 14.6 Å². The molecule has 0 bridgehead atoms. The second-order valence-electron chi connectivity index (χ2n) is 6.01. The first-order valence-electron chi connectivity index (χ1n) is 7.79. The summed E-state index contributed by atoms with van der Waals surface area (Å²) in [5, 5.41) is 13.3. The number of ether oxygens (including phenoxy) is 1. The Morgan fingerprint density at radius 2 is 1.96 bits per heavy atom. The van der Waals surface area contributed by atoms with Gasteiger partial charge in [-0.05, 0) is 59.5 Å². The summed E-state index contributed by atoms with van der Waals surface area (Å²) in [6.07, 6.45) is 1.32. The molecule has 1 amide bonds.